The second kappa shape index (κ2) is 26.1. The van der Waals surface area contributed by atoms with E-state index in [2.05, 4.69) is 72.7 Å². The number of hydrogen-bond acceptors (Lipinski definition) is 11. The summed E-state index contributed by atoms with van der Waals surface area (Å²) in [6, 6.07) is 9.10. The molecule has 8 N–H and O–H groups in total. The second-order valence-electron chi connectivity index (χ2n) is 21.7. The predicted molar refractivity (Wildman–Crippen MR) is 274 cm³/mol. The first kappa shape index (κ1) is 55.2. The van der Waals surface area contributed by atoms with Gasteiger partial charge in [-0.2, -0.15) is 0 Å². The van der Waals surface area contributed by atoms with Crippen LogP contribution in [-0.4, -0.2) is 127 Å². The summed E-state index contributed by atoms with van der Waals surface area (Å²) in [7, 11) is 3.66. The Kier molecular flexibility index (Phi) is 20.9. The van der Waals surface area contributed by atoms with Crippen molar-refractivity contribution in [2.75, 3.05) is 66.9 Å². The van der Waals surface area contributed by atoms with Crippen molar-refractivity contribution in [2.24, 2.45) is 46.8 Å². The molecular weight excluding hydrogens is 869 g/mol. The predicted octanol–water partition coefficient (Wildman–Crippen LogP) is 6.91. The van der Waals surface area contributed by atoms with Crippen LogP contribution >= 0.6 is 0 Å². The highest BCUT2D eigenvalue weighted by molar-refractivity contribution is 5.74. The number of aliphatic hydroxyl groups is 6. The molecule has 69 heavy (non-hydrogen) atoms. The minimum absolute atomic E-state index is 0.0578. The van der Waals surface area contributed by atoms with Gasteiger partial charge in [-0.1, -0.05) is 96.9 Å². The lowest BCUT2D eigenvalue weighted by atomic mass is 9.45. The minimum atomic E-state index is -1.27. The van der Waals surface area contributed by atoms with Gasteiger partial charge in [-0.05, 0) is 163 Å². The van der Waals surface area contributed by atoms with Crippen molar-refractivity contribution in [1.82, 2.24) is 10.6 Å². The van der Waals surface area contributed by atoms with Crippen LogP contribution in [0.2, 0.25) is 0 Å². The second-order valence-corrected chi connectivity index (χ2v) is 21.7. The summed E-state index contributed by atoms with van der Waals surface area (Å²) >= 11 is 0. The van der Waals surface area contributed by atoms with Crippen LogP contribution in [0.4, 0.5) is 0 Å². The standard InChI is InChI=1S/C58H88N2O9/c1-40-14-17-47(32-44-10-7-11-45(31-44)33-56(60-35-40,26-30-68-5)50-20-15-43(16-21-50)12-8-28-61)41(2)9-6-13-49(38-69-39-51(65)37-64)52-22-24-58(55(52)66)54-46(23-29-62)18-19-48(53(54)42(3)36-63)34-57(58,67)25-27-59-4/h6-7,9-11,13-14,18-19,31,36,43,46-48,50-52,54-55,59-62,64-67H,2,8,12,15-17,20-30,32-35,37-39H2,1,3-5H3. The molecule has 1 heterocycles. The highest BCUT2D eigenvalue weighted by Crippen LogP contribution is 2.67. The highest BCUT2D eigenvalue weighted by Gasteiger charge is 2.68. The van der Waals surface area contributed by atoms with E-state index in [4.69, 9.17) is 9.47 Å². The van der Waals surface area contributed by atoms with Gasteiger partial charge in [0.2, 0.25) is 0 Å². The number of rotatable bonds is 22. The fourth-order valence-electron chi connectivity index (χ4n) is 13.7. The maximum absolute atomic E-state index is 13.0. The number of nitrogens with one attached hydrogen (secondary N) is 2. The molecule has 11 heteroatoms. The Bertz CT molecular complexity index is 1980. The third-order valence-corrected chi connectivity index (χ3v) is 17.4. The normalized spacial score (nSPS) is 34.3. The molecule has 384 valence electrons. The zero-order valence-corrected chi connectivity index (χ0v) is 42.4. The smallest absolute Gasteiger partial charge is 0.145 e. The summed E-state index contributed by atoms with van der Waals surface area (Å²) in [6.07, 6.45) is 24.1. The van der Waals surface area contributed by atoms with Gasteiger partial charge in [0.05, 0.1) is 31.5 Å². The zero-order chi connectivity index (χ0) is 49.6. The van der Waals surface area contributed by atoms with Crippen molar-refractivity contribution in [3.63, 3.8) is 0 Å². The highest BCUT2D eigenvalue weighted by atomic mass is 16.5. The lowest BCUT2D eigenvalue weighted by molar-refractivity contribution is -0.194. The molecule has 10 unspecified atom stereocenters. The number of carbonyl (C=O) groups excluding carboxylic acids is 1. The molecule has 4 bridgehead atoms. The van der Waals surface area contributed by atoms with Crippen molar-refractivity contribution < 1.29 is 44.9 Å². The molecule has 3 fully saturated rings. The average molecular weight is 957 g/mol. The number of carbonyl (C=O) groups is 1. The van der Waals surface area contributed by atoms with Gasteiger partial charge in [0.25, 0.3) is 0 Å². The molecule has 1 spiro atoms. The van der Waals surface area contributed by atoms with E-state index in [1.165, 1.54) is 42.4 Å². The Morgan fingerprint density at radius 2 is 1.84 bits per heavy atom. The average Bonchev–Trinajstić information content (AvgIpc) is 3.70. The zero-order valence-electron chi connectivity index (χ0n) is 42.4. The van der Waals surface area contributed by atoms with E-state index in [1.807, 2.05) is 26.1 Å². The summed E-state index contributed by atoms with van der Waals surface area (Å²) < 4.78 is 11.8. The Morgan fingerprint density at radius 3 is 2.55 bits per heavy atom. The van der Waals surface area contributed by atoms with Gasteiger partial charge in [0, 0.05) is 56.3 Å². The van der Waals surface area contributed by atoms with Crippen LogP contribution in [0.15, 0.2) is 95.2 Å². The molecule has 11 nitrogen and oxygen atoms in total. The number of allylic oxidation sites excluding steroid dienone is 9. The van der Waals surface area contributed by atoms with Gasteiger partial charge in [0.15, 0.2) is 0 Å². The first-order chi connectivity index (χ1) is 33.3. The number of aliphatic hydroxyl groups excluding tert-OH is 5. The molecule has 10 atom stereocenters. The molecule has 0 saturated heterocycles. The van der Waals surface area contributed by atoms with E-state index < -0.39 is 35.7 Å². The molecule has 6 rings (SSSR count). The minimum Gasteiger partial charge on any atom is -0.396 e. The summed E-state index contributed by atoms with van der Waals surface area (Å²) in [5.74, 6) is 0.248. The Morgan fingerprint density at radius 1 is 1.06 bits per heavy atom. The van der Waals surface area contributed by atoms with Crippen LogP contribution in [0.3, 0.4) is 0 Å². The molecular formula is C58H88N2O9. The van der Waals surface area contributed by atoms with Crippen molar-refractivity contribution in [3.05, 3.63) is 106 Å². The Hall–Kier alpha value is -3.07. The molecule has 1 aromatic rings. The maximum Gasteiger partial charge on any atom is 0.145 e. The Labute approximate surface area is 413 Å². The third-order valence-electron chi connectivity index (χ3n) is 17.4. The number of ether oxygens (including phenoxy) is 2. The molecule has 0 aromatic heterocycles. The quantitative estimate of drug-likeness (QED) is 0.0262. The number of fused-ring (bicyclic) bond motifs is 5. The summed E-state index contributed by atoms with van der Waals surface area (Å²) in [5, 5.41) is 73.0. The number of aldehydes is 1. The summed E-state index contributed by atoms with van der Waals surface area (Å²) in [6.45, 7) is 10.5. The van der Waals surface area contributed by atoms with Crippen molar-refractivity contribution in [3.8, 4) is 0 Å². The van der Waals surface area contributed by atoms with Crippen LogP contribution in [0.1, 0.15) is 108 Å². The van der Waals surface area contributed by atoms with E-state index in [-0.39, 0.29) is 55.6 Å². The largest absolute Gasteiger partial charge is 0.396 e. The summed E-state index contributed by atoms with van der Waals surface area (Å²) in [4.78, 5) is 12.5. The molecule has 5 aliphatic rings. The van der Waals surface area contributed by atoms with Crippen LogP contribution in [0.25, 0.3) is 0 Å². The van der Waals surface area contributed by atoms with Gasteiger partial charge < -0.3 is 50.7 Å². The van der Waals surface area contributed by atoms with Crippen LogP contribution in [0.5, 0.6) is 0 Å². The SMILES string of the molecule is C=C(C=CC=C(COCC(O)CO)C1CCC2(C1O)C1C(=C(C)C=O)C(C=CC1CCO)CC2(O)CCNC)C1CC=C(C)CNC(CCOC)(C2CCC(CCCO)CC2)Cc2cccc(c2)C1. The third kappa shape index (κ3) is 12.9. The van der Waals surface area contributed by atoms with E-state index in [0.29, 0.717) is 62.7 Å². The van der Waals surface area contributed by atoms with Crippen molar-refractivity contribution in [2.45, 2.75) is 134 Å². The first-order valence-electron chi connectivity index (χ1n) is 26.3. The first-order valence-corrected chi connectivity index (χ1v) is 26.3. The topological polar surface area (TPSA) is 181 Å². The molecule has 4 aliphatic carbocycles. The van der Waals surface area contributed by atoms with E-state index in [0.717, 1.165) is 68.1 Å². The fourth-order valence-corrected chi connectivity index (χ4v) is 13.7. The Balaban J connectivity index is 1.29. The van der Waals surface area contributed by atoms with Gasteiger partial charge in [-0.25, -0.2) is 0 Å². The van der Waals surface area contributed by atoms with Crippen molar-refractivity contribution >= 4 is 6.29 Å². The van der Waals surface area contributed by atoms with Crippen LogP contribution < -0.4 is 10.6 Å². The molecule has 1 aromatic carbocycles. The van der Waals surface area contributed by atoms with Crippen molar-refractivity contribution in [1.29, 1.82) is 0 Å². The fraction of sp³-hybridized carbons (Fsp3) is 0.672. The molecule has 3 saturated carbocycles. The summed E-state index contributed by atoms with van der Waals surface area (Å²) in [5.41, 5.74) is 4.90. The van der Waals surface area contributed by atoms with Gasteiger partial charge in [0.1, 0.15) is 12.4 Å². The number of hydrogen-bond donors (Lipinski definition) is 8. The monoisotopic (exact) mass is 957 g/mol. The lowest BCUT2D eigenvalue weighted by Crippen LogP contribution is -2.65. The molecule has 0 amide bonds. The molecule has 1 aliphatic heterocycles. The van der Waals surface area contributed by atoms with Gasteiger partial charge >= 0.3 is 0 Å². The van der Waals surface area contributed by atoms with Crippen LogP contribution in [-0.2, 0) is 27.1 Å². The number of benzene rings is 1. The maximum atomic E-state index is 13.0. The van der Waals surface area contributed by atoms with Gasteiger partial charge in [-0.3, -0.25) is 4.79 Å². The molecule has 0 radical (unpaired) electrons. The van der Waals surface area contributed by atoms with E-state index >= 15 is 0 Å². The van der Waals surface area contributed by atoms with Gasteiger partial charge in [-0.15, -0.1) is 0 Å². The number of methoxy groups -OCH3 is 1. The lowest BCUT2D eigenvalue weighted by Gasteiger charge is -2.61. The van der Waals surface area contributed by atoms with E-state index in [9.17, 15) is 35.4 Å². The van der Waals surface area contributed by atoms with E-state index in [1.54, 1.807) is 7.11 Å². The van der Waals surface area contributed by atoms with Crippen LogP contribution in [0, 0.1) is 46.8 Å².